The first-order chi connectivity index (χ1) is 9.00. The van der Waals surface area contributed by atoms with Crippen LogP contribution < -0.4 is 11.5 Å². The summed E-state index contributed by atoms with van der Waals surface area (Å²) in [4.78, 5) is 23.0. The minimum atomic E-state index is -0.586. The molecular weight excluding hydrogens is 355 g/mol. The highest BCUT2D eigenvalue weighted by atomic mass is 127. The van der Waals surface area contributed by atoms with E-state index in [9.17, 15) is 9.59 Å². The molecule has 0 fully saturated rings. The molecular formula is C14H11IN2O2. The van der Waals surface area contributed by atoms with Gasteiger partial charge in [-0.05, 0) is 52.4 Å². The molecule has 19 heavy (non-hydrogen) atoms. The molecule has 0 aliphatic rings. The van der Waals surface area contributed by atoms with Crippen molar-refractivity contribution in [1.82, 2.24) is 0 Å². The molecule has 2 rings (SSSR count). The summed E-state index contributed by atoms with van der Waals surface area (Å²) < 4.78 is 1.05. The second kappa shape index (κ2) is 5.40. The van der Waals surface area contributed by atoms with Gasteiger partial charge in [0.1, 0.15) is 0 Å². The van der Waals surface area contributed by atoms with Crippen molar-refractivity contribution in [2.45, 2.75) is 0 Å². The van der Waals surface area contributed by atoms with Crippen LogP contribution in [-0.4, -0.2) is 11.8 Å². The van der Waals surface area contributed by atoms with E-state index in [-0.39, 0.29) is 11.1 Å². The third-order valence-corrected chi connectivity index (χ3v) is 3.45. The quantitative estimate of drug-likeness (QED) is 0.816. The van der Waals surface area contributed by atoms with Crippen molar-refractivity contribution in [2.75, 3.05) is 0 Å². The average Bonchev–Trinajstić information content (AvgIpc) is 2.38. The van der Waals surface area contributed by atoms with Crippen molar-refractivity contribution in [3.63, 3.8) is 0 Å². The Bertz CT molecular complexity index is 619. The Balaban J connectivity index is 2.74. The largest absolute Gasteiger partial charge is 0.366 e. The first kappa shape index (κ1) is 13.5. The van der Waals surface area contributed by atoms with Gasteiger partial charge in [0.05, 0.1) is 0 Å². The zero-order chi connectivity index (χ0) is 14.0. The minimum absolute atomic E-state index is 0.289. The van der Waals surface area contributed by atoms with Crippen molar-refractivity contribution in [3.05, 3.63) is 57.2 Å². The summed E-state index contributed by atoms with van der Waals surface area (Å²) in [6.07, 6.45) is 0. The van der Waals surface area contributed by atoms with E-state index in [2.05, 4.69) is 22.6 Å². The number of nitrogens with two attached hydrogens (primary N) is 2. The van der Waals surface area contributed by atoms with Gasteiger partial charge in [0, 0.05) is 20.3 Å². The fraction of sp³-hybridized carbons (Fsp3) is 0. The number of halogens is 1. The Kier molecular flexibility index (Phi) is 3.84. The monoisotopic (exact) mass is 366 g/mol. The van der Waals surface area contributed by atoms with E-state index in [0.29, 0.717) is 5.56 Å². The lowest BCUT2D eigenvalue weighted by atomic mass is 9.93. The van der Waals surface area contributed by atoms with Crippen molar-refractivity contribution in [3.8, 4) is 11.1 Å². The number of amides is 2. The Labute approximate surface area is 123 Å². The molecule has 0 unspecified atom stereocenters. The molecule has 2 amide bonds. The van der Waals surface area contributed by atoms with Crippen LogP contribution in [0.5, 0.6) is 0 Å². The SMILES string of the molecule is NC(=O)c1cccc(C(N)=O)c1-c1ccc(I)cc1. The first-order valence-electron chi connectivity index (χ1n) is 5.49. The molecule has 0 radical (unpaired) electrons. The summed E-state index contributed by atoms with van der Waals surface area (Å²) in [6.45, 7) is 0. The summed E-state index contributed by atoms with van der Waals surface area (Å²) in [5.74, 6) is -1.17. The van der Waals surface area contributed by atoms with Crippen LogP contribution in [0.4, 0.5) is 0 Å². The Hall–Kier alpha value is -1.89. The van der Waals surface area contributed by atoms with E-state index in [4.69, 9.17) is 11.5 Å². The van der Waals surface area contributed by atoms with Crippen LogP contribution in [0.2, 0.25) is 0 Å². The number of benzene rings is 2. The van der Waals surface area contributed by atoms with Crippen LogP contribution in [0.25, 0.3) is 11.1 Å². The standard InChI is InChI=1S/C14H11IN2O2/c15-9-6-4-8(5-7-9)12-10(13(16)18)2-1-3-11(12)14(17)19/h1-7H,(H2,16,18)(H2,17,19). The smallest absolute Gasteiger partial charge is 0.249 e. The maximum absolute atomic E-state index is 11.5. The Morgan fingerprint density at radius 3 is 1.74 bits per heavy atom. The molecule has 0 aliphatic carbocycles. The van der Waals surface area contributed by atoms with Crippen LogP contribution in [-0.2, 0) is 0 Å². The van der Waals surface area contributed by atoms with Crippen LogP contribution in [0.1, 0.15) is 20.7 Å². The highest BCUT2D eigenvalue weighted by Gasteiger charge is 2.17. The minimum Gasteiger partial charge on any atom is -0.366 e. The summed E-state index contributed by atoms with van der Waals surface area (Å²) >= 11 is 2.18. The van der Waals surface area contributed by atoms with E-state index < -0.39 is 11.8 Å². The molecule has 4 N–H and O–H groups in total. The Morgan fingerprint density at radius 2 is 1.32 bits per heavy atom. The van der Waals surface area contributed by atoms with E-state index in [1.807, 2.05) is 24.3 Å². The van der Waals surface area contributed by atoms with E-state index >= 15 is 0 Å². The normalized spacial score (nSPS) is 10.2. The fourth-order valence-corrected chi connectivity index (χ4v) is 2.25. The zero-order valence-corrected chi connectivity index (χ0v) is 12.0. The third-order valence-electron chi connectivity index (χ3n) is 2.73. The molecule has 0 aliphatic heterocycles. The molecule has 2 aromatic carbocycles. The molecule has 0 bridgehead atoms. The van der Waals surface area contributed by atoms with Crippen LogP contribution in [0, 0.1) is 3.57 Å². The summed E-state index contributed by atoms with van der Waals surface area (Å²) in [7, 11) is 0. The first-order valence-corrected chi connectivity index (χ1v) is 6.57. The second-order valence-corrected chi connectivity index (χ2v) is 5.21. The van der Waals surface area contributed by atoms with Gasteiger partial charge in [-0.1, -0.05) is 18.2 Å². The van der Waals surface area contributed by atoms with Gasteiger partial charge < -0.3 is 11.5 Å². The molecule has 96 valence electrons. The molecule has 0 heterocycles. The van der Waals surface area contributed by atoms with E-state index in [1.54, 1.807) is 18.2 Å². The number of rotatable bonds is 3. The molecule has 0 aromatic heterocycles. The van der Waals surface area contributed by atoms with Gasteiger partial charge in [-0.15, -0.1) is 0 Å². The Morgan fingerprint density at radius 1 is 0.842 bits per heavy atom. The summed E-state index contributed by atoms with van der Waals surface area (Å²) in [5.41, 5.74) is 12.5. The maximum Gasteiger partial charge on any atom is 0.249 e. The van der Waals surface area contributed by atoms with Crippen LogP contribution in [0.15, 0.2) is 42.5 Å². The van der Waals surface area contributed by atoms with Gasteiger partial charge in [0.25, 0.3) is 0 Å². The van der Waals surface area contributed by atoms with Gasteiger partial charge in [0.2, 0.25) is 11.8 Å². The predicted octanol–water partition coefficient (Wildman–Crippen LogP) is 2.16. The number of carbonyl (C=O) groups excluding carboxylic acids is 2. The second-order valence-electron chi connectivity index (χ2n) is 3.96. The number of hydrogen-bond donors (Lipinski definition) is 2. The molecule has 2 aromatic rings. The van der Waals surface area contributed by atoms with Gasteiger partial charge in [0.15, 0.2) is 0 Å². The topological polar surface area (TPSA) is 86.2 Å². The van der Waals surface area contributed by atoms with Crippen LogP contribution >= 0.6 is 22.6 Å². The van der Waals surface area contributed by atoms with Crippen molar-refractivity contribution in [2.24, 2.45) is 11.5 Å². The zero-order valence-electron chi connectivity index (χ0n) is 9.89. The molecule has 4 nitrogen and oxygen atoms in total. The lowest BCUT2D eigenvalue weighted by Gasteiger charge is -2.11. The summed E-state index contributed by atoms with van der Waals surface area (Å²) in [6, 6.07) is 12.2. The van der Waals surface area contributed by atoms with Gasteiger partial charge >= 0.3 is 0 Å². The molecule has 0 saturated heterocycles. The van der Waals surface area contributed by atoms with Crippen molar-refractivity contribution >= 4 is 34.4 Å². The van der Waals surface area contributed by atoms with Gasteiger partial charge in [-0.3, -0.25) is 9.59 Å². The maximum atomic E-state index is 11.5. The van der Waals surface area contributed by atoms with Crippen LogP contribution in [0.3, 0.4) is 0 Å². The van der Waals surface area contributed by atoms with Crippen molar-refractivity contribution in [1.29, 1.82) is 0 Å². The fourth-order valence-electron chi connectivity index (χ4n) is 1.89. The highest BCUT2D eigenvalue weighted by molar-refractivity contribution is 14.1. The number of primary amides is 2. The highest BCUT2D eigenvalue weighted by Crippen LogP contribution is 2.28. The van der Waals surface area contributed by atoms with E-state index in [1.165, 1.54) is 0 Å². The van der Waals surface area contributed by atoms with Gasteiger partial charge in [-0.2, -0.15) is 0 Å². The number of hydrogen-bond acceptors (Lipinski definition) is 2. The number of carbonyl (C=O) groups is 2. The third kappa shape index (κ3) is 2.76. The van der Waals surface area contributed by atoms with E-state index in [0.717, 1.165) is 9.13 Å². The molecule has 0 saturated carbocycles. The molecule has 0 spiro atoms. The predicted molar refractivity (Wildman–Crippen MR) is 81.6 cm³/mol. The van der Waals surface area contributed by atoms with Crippen molar-refractivity contribution < 1.29 is 9.59 Å². The lowest BCUT2D eigenvalue weighted by molar-refractivity contribution is 0.0999. The van der Waals surface area contributed by atoms with Gasteiger partial charge in [-0.25, -0.2) is 0 Å². The molecule has 5 heteroatoms. The lowest BCUT2D eigenvalue weighted by Crippen LogP contribution is -2.18. The average molecular weight is 366 g/mol. The molecule has 0 atom stereocenters. The summed E-state index contributed by atoms with van der Waals surface area (Å²) in [5, 5.41) is 0.